The summed E-state index contributed by atoms with van der Waals surface area (Å²) in [5.41, 5.74) is 12.0. The smallest absolute Gasteiger partial charge is 0.167 e. The van der Waals surface area contributed by atoms with Gasteiger partial charge in [0.1, 0.15) is 41.7 Å². The fourth-order valence-corrected chi connectivity index (χ4v) is 4.85. The number of nitrogen functional groups attached to an aromatic ring is 1. The van der Waals surface area contributed by atoms with Gasteiger partial charge in [-0.15, -0.1) is 0 Å². The van der Waals surface area contributed by atoms with E-state index in [9.17, 15) is 20.1 Å². The maximum atomic E-state index is 10.7. The number of hydrogen-bond donors (Lipinski definition) is 4. The predicted molar refractivity (Wildman–Crippen MR) is 101 cm³/mol. The van der Waals surface area contributed by atoms with Crippen LogP contribution in [0.15, 0.2) is 12.7 Å². The van der Waals surface area contributed by atoms with Gasteiger partial charge in [-0.1, -0.05) is 0 Å². The first kappa shape index (κ1) is 20.7. The van der Waals surface area contributed by atoms with Crippen LogP contribution < -0.4 is 16.6 Å². The summed E-state index contributed by atoms with van der Waals surface area (Å²) in [7, 11) is -0.153. The number of carboxylic acid groups (broad SMARTS) is 1. The van der Waals surface area contributed by atoms with Crippen LogP contribution in [-0.2, 0) is 20.4 Å². The number of carbonyl (C=O) groups is 1. The first-order valence-electron chi connectivity index (χ1n) is 8.79. The quantitative estimate of drug-likeness (QED) is 0.328. The molecule has 1 saturated heterocycles. The number of aromatic nitrogens is 4. The van der Waals surface area contributed by atoms with E-state index in [2.05, 4.69) is 15.0 Å². The molecule has 0 amide bonds. The number of imidazole rings is 1. The van der Waals surface area contributed by atoms with Gasteiger partial charge in [0.2, 0.25) is 0 Å². The highest BCUT2D eigenvalue weighted by Gasteiger charge is 2.46. The van der Waals surface area contributed by atoms with Crippen molar-refractivity contribution in [1.82, 2.24) is 19.5 Å². The molecule has 11 nitrogen and oxygen atoms in total. The van der Waals surface area contributed by atoms with E-state index in [1.807, 2.05) is 6.26 Å². The molecule has 6 N–H and O–H groups in total. The summed E-state index contributed by atoms with van der Waals surface area (Å²) in [6, 6.07) is -0.972. The minimum Gasteiger partial charge on any atom is -0.548 e. The summed E-state index contributed by atoms with van der Waals surface area (Å²) in [6.45, 7) is 0. The molecular weight excluding hydrogens is 388 g/mol. The largest absolute Gasteiger partial charge is 0.548 e. The lowest BCUT2D eigenvalue weighted by atomic mass is 10.1. The van der Waals surface area contributed by atoms with Gasteiger partial charge in [-0.05, 0) is 23.7 Å². The van der Waals surface area contributed by atoms with Crippen molar-refractivity contribution >= 4 is 33.8 Å². The lowest BCUT2D eigenvalue weighted by Crippen LogP contribution is -2.42. The first-order chi connectivity index (χ1) is 13.3. The van der Waals surface area contributed by atoms with E-state index in [0.29, 0.717) is 29.8 Å². The molecule has 6 atom stereocenters. The van der Waals surface area contributed by atoms with Gasteiger partial charge < -0.3 is 36.3 Å². The van der Waals surface area contributed by atoms with Crippen LogP contribution in [0.4, 0.5) is 5.82 Å². The molecule has 28 heavy (non-hydrogen) atoms. The van der Waals surface area contributed by atoms with Gasteiger partial charge in [-0.25, -0.2) is 15.0 Å². The summed E-state index contributed by atoms with van der Waals surface area (Å²) in [6.07, 6.45) is 2.08. The van der Waals surface area contributed by atoms with Crippen molar-refractivity contribution < 1.29 is 24.9 Å². The van der Waals surface area contributed by atoms with Gasteiger partial charge >= 0.3 is 0 Å². The standard InChI is InChI=1S/C16H24N6O5S/c1-28(4-2-3-8(17)16(25)26)5-9-11(23)12(24)15(27-9)22-7-21-10-13(18)19-6-20-14(10)22/h6-9,11-12,15,23-24H,2-5,17H2,1H3,(H2-,18,19,20,25,26)/t8?,9-,11-,12-,15-,28?/m1/s1. The molecule has 0 aromatic carbocycles. The lowest BCUT2D eigenvalue weighted by Gasteiger charge is -2.16. The van der Waals surface area contributed by atoms with Crippen molar-refractivity contribution in [1.29, 1.82) is 0 Å². The van der Waals surface area contributed by atoms with Gasteiger partial charge in [0.25, 0.3) is 0 Å². The van der Waals surface area contributed by atoms with E-state index in [-0.39, 0.29) is 16.7 Å². The van der Waals surface area contributed by atoms with Crippen LogP contribution in [0.1, 0.15) is 19.1 Å². The Hall–Kier alpha value is -1.99. The molecule has 12 heteroatoms. The zero-order chi connectivity index (χ0) is 20.4. The van der Waals surface area contributed by atoms with Gasteiger partial charge in [0.15, 0.2) is 17.7 Å². The minimum atomic E-state index is -1.26. The summed E-state index contributed by atoms with van der Waals surface area (Å²) >= 11 is 0. The van der Waals surface area contributed by atoms with Crippen LogP contribution in [0.3, 0.4) is 0 Å². The fraction of sp³-hybridized carbons (Fsp3) is 0.625. The molecule has 2 aromatic rings. The van der Waals surface area contributed by atoms with Crippen molar-refractivity contribution in [3.63, 3.8) is 0 Å². The van der Waals surface area contributed by atoms with Crippen LogP contribution in [0.5, 0.6) is 0 Å². The highest BCUT2D eigenvalue weighted by molar-refractivity contribution is 7.96. The van der Waals surface area contributed by atoms with Crippen molar-refractivity contribution in [3.8, 4) is 0 Å². The molecular formula is C16H24N6O5S. The average molecular weight is 412 g/mol. The van der Waals surface area contributed by atoms with Gasteiger partial charge in [0, 0.05) is 6.04 Å². The third-order valence-electron chi connectivity index (χ3n) is 4.76. The summed E-state index contributed by atoms with van der Waals surface area (Å²) < 4.78 is 7.45. The number of aliphatic carboxylic acids is 1. The molecule has 3 rings (SSSR count). The Labute approximate surface area is 164 Å². The Kier molecular flexibility index (Phi) is 6.35. The second-order valence-corrected chi connectivity index (χ2v) is 9.15. The number of nitrogens with two attached hydrogens (primary N) is 2. The maximum Gasteiger partial charge on any atom is 0.167 e. The summed E-state index contributed by atoms with van der Waals surface area (Å²) in [5, 5.41) is 31.5. The van der Waals surface area contributed by atoms with E-state index in [4.69, 9.17) is 16.2 Å². The zero-order valence-corrected chi connectivity index (χ0v) is 16.2. The van der Waals surface area contributed by atoms with Crippen molar-refractivity contribution in [3.05, 3.63) is 12.7 Å². The molecule has 0 aliphatic carbocycles. The number of fused-ring (bicyclic) bond motifs is 1. The van der Waals surface area contributed by atoms with E-state index in [0.717, 1.165) is 5.75 Å². The molecule has 0 saturated carbocycles. The number of aliphatic hydroxyl groups excluding tert-OH is 2. The van der Waals surface area contributed by atoms with E-state index in [1.54, 1.807) is 0 Å². The molecule has 1 fully saturated rings. The molecule has 154 valence electrons. The van der Waals surface area contributed by atoms with Gasteiger partial charge in [-0.2, -0.15) is 0 Å². The summed E-state index contributed by atoms with van der Waals surface area (Å²) in [5.74, 6) is 0.234. The topological polar surface area (TPSA) is 185 Å². The van der Waals surface area contributed by atoms with Gasteiger partial charge in [-0.3, -0.25) is 4.57 Å². The molecule has 2 unspecified atom stereocenters. The number of anilines is 1. The zero-order valence-electron chi connectivity index (χ0n) is 15.3. The predicted octanol–water partition coefficient (Wildman–Crippen LogP) is -2.87. The van der Waals surface area contributed by atoms with Crippen LogP contribution in [0, 0.1) is 0 Å². The Balaban J connectivity index is 1.62. The highest BCUT2D eigenvalue weighted by atomic mass is 32.2. The summed E-state index contributed by atoms with van der Waals surface area (Å²) in [4.78, 5) is 22.8. The third-order valence-corrected chi connectivity index (χ3v) is 6.64. The van der Waals surface area contributed by atoms with E-state index < -0.39 is 36.6 Å². The first-order valence-corrected chi connectivity index (χ1v) is 10.8. The number of ether oxygens (including phenoxy) is 1. The van der Waals surface area contributed by atoms with Gasteiger partial charge in [0.05, 0.1) is 18.6 Å². The van der Waals surface area contributed by atoms with Crippen molar-refractivity contribution in [2.24, 2.45) is 5.73 Å². The third kappa shape index (κ3) is 4.20. The Bertz CT molecular complexity index is 835. The van der Waals surface area contributed by atoms with Crippen LogP contribution in [0.25, 0.3) is 11.2 Å². The number of rotatable bonds is 8. The van der Waals surface area contributed by atoms with Crippen molar-refractivity contribution in [2.45, 2.75) is 43.4 Å². The molecule has 0 spiro atoms. The van der Waals surface area contributed by atoms with Crippen molar-refractivity contribution in [2.75, 3.05) is 23.5 Å². The Morgan fingerprint density at radius 3 is 2.86 bits per heavy atom. The SMILES string of the molecule is C[S+](CCCC(N)C(=O)[O-])C[C@H]1O[C@@H](n2cnc3c(N)ncnc32)[C@H](O)[C@@H]1O. The Morgan fingerprint density at radius 2 is 2.14 bits per heavy atom. The maximum absolute atomic E-state index is 10.7. The van der Waals surface area contributed by atoms with Crippen LogP contribution >= 0.6 is 0 Å². The van der Waals surface area contributed by atoms with E-state index in [1.165, 1.54) is 17.2 Å². The average Bonchev–Trinajstić information content (AvgIpc) is 3.19. The molecule has 2 aromatic heterocycles. The number of carbonyl (C=O) groups excluding carboxylic acids is 1. The number of hydrogen-bond acceptors (Lipinski definition) is 10. The molecule has 1 aliphatic heterocycles. The number of aliphatic hydroxyl groups is 2. The fourth-order valence-electron chi connectivity index (χ4n) is 3.18. The van der Waals surface area contributed by atoms with Crippen LogP contribution in [-0.4, -0.2) is 77.8 Å². The second-order valence-electron chi connectivity index (χ2n) is 6.85. The Morgan fingerprint density at radius 1 is 1.39 bits per heavy atom. The number of carboxylic acids is 1. The molecule has 3 heterocycles. The van der Waals surface area contributed by atoms with E-state index >= 15 is 0 Å². The van der Waals surface area contributed by atoms with Crippen LogP contribution in [0.2, 0.25) is 0 Å². The minimum absolute atomic E-state index is 0.153. The number of nitrogens with zero attached hydrogens (tertiary/aromatic N) is 4. The second kappa shape index (κ2) is 8.57. The monoisotopic (exact) mass is 412 g/mol. The molecule has 1 aliphatic rings. The highest BCUT2D eigenvalue weighted by Crippen LogP contribution is 2.32. The molecule has 0 radical (unpaired) electrons. The molecule has 0 bridgehead atoms. The normalized spacial score (nSPS) is 27.1. The lowest BCUT2D eigenvalue weighted by molar-refractivity contribution is -0.307.